The van der Waals surface area contributed by atoms with E-state index in [1.807, 2.05) is 37.5 Å². The van der Waals surface area contributed by atoms with Gasteiger partial charge in [0.2, 0.25) is 0 Å². The van der Waals surface area contributed by atoms with Crippen molar-refractivity contribution >= 4 is 60.7 Å². The van der Waals surface area contributed by atoms with Crippen molar-refractivity contribution in [2.75, 3.05) is 15.8 Å². The van der Waals surface area contributed by atoms with Crippen molar-refractivity contribution in [2.24, 2.45) is 5.41 Å². The van der Waals surface area contributed by atoms with Gasteiger partial charge in [0.1, 0.15) is 23.9 Å². The van der Waals surface area contributed by atoms with Crippen molar-refractivity contribution in [2.45, 2.75) is 52.9 Å². The number of carbonyl (C=O) groups excluding carboxylic acids is 1. The first-order valence-electron chi connectivity index (χ1n) is 12.1. The minimum Gasteiger partial charge on any atom is -0.479 e. The second kappa shape index (κ2) is 10.4. The van der Waals surface area contributed by atoms with E-state index in [-0.39, 0.29) is 11.2 Å². The molecule has 39 heavy (non-hydrogen) atoms. The van der Waals surface area contributed by atoms with Crippen LogP contribution in [0.25, 0.3) is 10.9 Å². The van der Waals surface area contributed by atoms with Crippen LogP contribution in [0.4, 0.5) is 30.4 Å². The van der Waals surface area contributed by atoms with Gasteiger partial charge in [0.25, 0.3) is 5.91 Å². The van der Waals surface area contributed by atoms with Gasteiger partial charge in [-0.15, -0.1) is 0 Å². The van der Waals surface area contributed by atoms with Crippen molar-refractivity contribution in [1.29, 1.82) is 0 Å². The number of benzene rings is 2. The Morgan fingerprint density at radius 2 is 1.87 bits per heavy atom. The molecular weight excluding hydrogens is 555 g/mol. The molecule has 0 radical (unpaired) electrons. The van der Waals surface area contributed by atoms with Crippen LogP contribution in [-0.4, -0.2) is 49.5 Å². The molecule has 3 aromatic rings. The Hall–Kier alpha value is -3.25. The van der Waals surface area contributed by atoms with Gasteiger partial charge in [-0.25, -0.2) is 14.2 Å². The molecule has 0 bridgehead atoms. The van der Waals surface area contributed by atoms with E-state index in [1.165, 1.54) is 19.3 Å². The number of aromatic nitrogens is 2. The van der Waals surface area contributed by atoms with E-state index >= 15 is 0 Å². The number of amides is 1. The number of nitrogens with zero attached hydrogens (tertiary/aromatic N) is 2. The van der Waals surface area contributed by atoms with E-state index in [1.54, 1.807) is 18.2 Å². The van der Waals surface area contributed by atoms with Gasteiger partial charge in [-0.05, 0) is 56.0 Å². The third-order valence-electron chi connectivity index (χ3n) is 6.04. The van der Waals surface area contributed by atoms with Crippen LogP contribution < -0.4 is 20.1 Å². The Morgan fingerprint density at radius 1 is 1.18 bits per heavy atom. The van der Waals surface area contributed by atoms with Crippen molar-refractivity contribution in [3.8, 4) is 5.75 Å². The summed E-state index contributed by atoms with van der Waals surface area (Å²) in [6, 6.07) is 6.27. The summed E-state index contributed by atoms with van der Waals surface area (Å²) in [6.45, 7) is 8.12. The van der Waals surface area contributed by atoms with Gasteiger partial charge in [0.05, 0.1) is 11.2 Å². The summed E-state index contributed by atoms with van der Waals surface area (Å²) in [5.41, 5.74) is 2.39. The van der Waals surface area contributed by atoms with E-state index in [2.05, 4.69) is 20.0 Å². The Balaban J connectivity index is 1.60. The standard InChI is InChI=1S/C26H29ClF3N5O3S/c1-14-8-18(35-39(37)11-25(4,5)12-39)10-20-22(14)23(32-13-31-20)34-19-7-6-17(27)9-21(19)38-15(2)24(36)33-16(3)26(28,29)30/h6-11,13,15-16H,12H2,1-5H3,(H,33,36)(H,35,37)(H,31,32,34)/t15-,16+,39?/m1/s1. The second-order valence-electron chi connectivity index (χ2n) is 10.3. The van der Waals surface area contributed by atoms with Crippen LogP contribution in [0.3, 0.4) is 0 Å². The Kier molecular flexibility index (Phi) is 7.65. The lowest BCUT2D eigenvalue weighted by atomic mass is 10.00. The number of halogens is 4. The van der Waals surface area contributed by atoms with Crippen LogP contribution in [0.5, 0.6) is 5.75 Å². The first-order chi connectivity index (χ1) is 18.1. The first-order valence-corrected chi connectivity index (χ1v) is 14.2. The maximum Gasteiger partial charge on any atom is 0.408 e. The lowest BCUT2D eigenvalue weighted by molar-refractivity contribution is -0.160. The van der Waals surface area contributed by atoms with Crippen molar-refractivity contribution in [3.63, 3.8) is 0 Å². The number of carbonyl (C=O) groups is 1. The highest BCUT2D eigenvalue weighted by Crippen LogP contribution is 2.35. The van der Waals surface area contributed by atoms with Gasteiger partial charge in [0, 0.05) is 43.0 Å². The summed E-state index contributed by atoms with van der Waals surface area (Å²) in [6.07, 6.45) is -4.46. The number of ether oxygens (including phenoxy) is 1. The van der Waals surface area contributed by atoms with Gasteiger partial charge >= 0.3 is 6.18 Å². The molecule has 0 saturated heterocycles. The Morgan fingerprint density at radius 3 is 2.51 bits per heavy atom. The molecule has 0 saturated carbocycles. The second-order valence-corrected chi connectivity index (χ2v) is 12.9. The number of alkyl halides is 3. The monoisotopic (exact) mass is 583 g/mol. The van der Waals surface area contributed by atoms with Gasteiger partial charge < -0.3 is 20.1 Å². The van der Waals surface area contributed by atoms with Crippen LogP contribution in [0.1, 0.15) is 33.3 Å². The molecule has 1 unspecified atom stereocenters. The molecule has 1 aliphatic heterocycles. The van der Waals surface area contributed by atoms with Gasteiger partial charge in [-0.3, -0.25) is 4.79 Å². The zero-order chi connectivity index (χ0) is 28.8. The summed E-state index contributed by atoms with van der Waals surface area (Å²) in [5.74, 6) is 0.185. The molecule has 8 nitrogen and oxygen atoms in total. The summed E-state index contributed by atoms with van der Waals surface area (Å²) in [7, 11) is -2.30. The minimum absolute atomic E-state index is 0.0810. The summed E-state index contributed by atoms with van der Waals surface area (Å²) in [5, 5.41) is 7.89. The third kappa shape index (κ3) is 6.67. The summed E-state index contributed by atoms with van der Waals surface area (Å²) >= 11 is 6.14. The Bertz CT molecular complexity index is 1550. The average molecular weight is 584 g/mol. The molecule has 1 aliphatic rings. The van der Waals surface area contributed by atoms with Crippen molar-refractivity contribution in [1.82, 2.24) is 15.3 Å². The summed E-state index contributed by atoms with van der Waals surface area (Å²) < 4.78 is 60.4. The minimum atomic E-state index is -4.58. The number of fused-ring (bicyclic) bond motifs is 1. The third-order valence-corrected chi connectivity index (χ3v) is 9.05. The highest BCUT2D eigenvalue weighted by molar-refractivity contribution is 8.04. The van der Waals surface area contributed by atoms with E-state index in [0.29, 0.717) is 38.9 Å². The molecule has 1 aromatic heterocycles. The molecule has 0 fully saturated rings. The zero-order valence-corrected chi connectivity index (χ0v) is 23.5. The van der Waals surface area contributed by atoms with E-state index in [0.717, 1.165) is 12.5 Å². The highest BCUT2D eigenvalue weighted by Gasteiger charge is 2.38. The number of aryl methyl sites for hydroxylation is 1. The number of hydrogen-bond acceptors (Lipinski definition) is 6. The lowest BCUT2D eigenvalue weighted by Crippen LogP contribution is -2.47. The van der Waals surface area contributed by atoms with Crippen LogP contribution in [-0.2, 0) is 14.5 Å². The predicted octanol–water partition coefficient (Wildman–Crippen LogP) is 5.62. The van der Waals surface area contributed by atoms with E-state index < -0.39 is 33.9 Å². The molecule has 1 amide bonds. The fourth-order valence-corrected chi connectivity index (χ4v) is 7.23. The van der Waals surface area contributed by atoms with Crippen LogP contribution in [0.2, 0.25) is 5.02 Å². The van der Waals surface area contributed by atoms with E-state index in [9.17, 15) is 22.2 Å². The SMILES string of the molecule is Cc1cc(NS2(=O)=CC(C)(C)C2)cc2ncnc(Nc3ccc(Cl)cc3O[C@H](C)C(=O)N[C@@H](C)C(F)(F)F)c12. The zero-order valence-electron chi connectivity index (χ0n) is 21.9. The molecule has 13 heteroatoms. The van der Waals surface area contributed by atoms with Gasteiger partial charge in [-0.1, -0.05) is 25.4 Å². The number of nitrogens with one attached hydrogen (secondary N) is 3. The van der Waals surface area contributed by atoms with Gasteiger partial charge in [-0.2, -0.15) is 13.2 Å². The number of anilines is 3. The molecule has 0 aliphatic carbocycles. The van der Waals surface area contributed by atoms with Crippen LogP contribution in [0, 0.1) is 12.3 Å². The molecule has 4 rings (SSSR count). The van der Waals surface area contributed by atoms with Crippen molar-refractivity contribution in [3.05, 3.63) is 47.2 Å². The highest BCUT2D eigenvalue weighted by atomic mass is 35.5. The van der Waals surface area contributed by atoms with Crippen LogP contribution in [0.15, 0.2) is 36.7 Å². The molecule has 2 heterocycles. The largest absolute Gasteiger partial charge is 0.479 e. The maximum absolute atomic E-state index is 13.0. The predicted molar refractivity (Wildman–Crippen MR) is 149 cm³/mol. The lowest BCUT2D eigenvalue weighted by Gasteiger charge is -2.34. The van der Waals surface area contributed by atoms with Crippen LogP contribution >= 0.6 is 11.6 Å². The average Bonchev–Trinajstić information content (AvgIpc) is 2.78. The smallest absolute Gasteiger partial charge is 0.408 e. The molecule has 2 aromatic carbocycles. The molecule has 210 valence electrons. The quantitative estimate of drug-likeness (QED) is 0.297. The molecule has 3 N–H and O–H groups in total. The number of rotatable bonds is 8. The topological polar surface area (TPSA) is 105 Å². The Labute approximate surface area is 229 Å². The van der Waals surface area contributed by atoms with Gasteiger partial charge in [0.15, 0.2) is 6.10 Å². The molecular formula is C26H29ClF3N5O3S. The maximum atomic E-state index is 13.0. The summed E-state index contributed by atoms with van der Waals surface area (Å²) in [4.78, 5) is 21.1. The normalized spacial score (nSPS) is 19.8. The first kappa shape index (κ1) is 28.8. The molecule has 3 atom stereocenters. The molecule has 0 spiro atoms. The van der Waals surface area contributed by atoms with E-state index in [4.69, 9.17) is 16.3 Å². The fraction of sp³-hybridized carbons (Fsp3) is 0.385. The fourth-order valence-electron chi connectivity index (χ4n) is 4.34. The number of hydrogen-bond donors (Lipinski definition) is 3. The van der Waals surface area contributed by atoms with Crippen molar-refractivity contribution < 1.29 is 26.9 Å².